The largest absolute Gasteiger partial charge is 0.462 e. The van der Waals surface area contributed by atoms with E-state index in [2.05, 4.69) is 31.4 Å². The summed E-state index contributed by atoms with van der Waals surface area (Å²) in [5, 5.41) is 6.50. The highest BCUT2D eigenvalue weighted by molar-refractivity contribution is 9.10. The van der Waals surface area contributed by atoms with Crippen molar-refractivity contribution in [1.29, 1.82) is 0 Å². The lowest BCUT2D eigenvalue weighted by Gasteiger charge is -2.08. The van der Waals surface area contributed by atoms with Crippen molar-refractivity contribution in [2.45, 2.75) is 6.92 Å². The zero-order chi connectivity index (χ0) is 19.9. The average Bonchev–Trinajstić information content (AvgIpc) is 3.09. The third kappa shape index (κ3) is 5.30. The van der Waals surface area contributed by atoms with Gasteiger partial charge < -0.3 is 15.2 Å². The van der Waals surface area contributed by atoms with Crippen molar-refractivity contribution in [3.05, 3.63) is 63.4 Å². The van der Waals surface area contributed by atoms with E-state index < -0.39 is 0 Å². The number of esters is 1. The second kappa shape index (κ2) is 9.34. The van der Waals surface area contributed by atoms with E-state index in [0.717, 1.165) is 10.0 Å². The molecule has 7 nitrogen and oxygen atoms in total. The van der Waals surface area contributed by atoms with Crippen molar-refractivity contribution in [2.24, 2.45) is 5.10 Å². The molecule has 0 amide bonds. The first-order chi connectivity index (χ1) is 13.5. The highest BCUT2D eigenvalue weighted by Crippen LogP contribution is 2.27. The van der Waals surface area contributed by atoms with E-state index in [1.165, 1.54) is 11.3 Å². The van der Waals surface area contributed by atoms with Crippen LogP contribution in [0.25, 0.3) is 0 Å². The van der Waals surface area contributed by atoms with Crippen LogP contribution in [0.3, 0.4) is 0 Å². The SMILES string of the molecule is CCOC(=O)c1ccc(Oc2ccc(C=NNc3nc(N)cs3)c(Br)c2)cc1. The Morgan fingerprint density at radius 2 is 2.04 bits per heavy atom. The second-order valence-corrected chi connectivity index (χ2v) is 7.19. The Kier molecular flexibility index (Phi) is 6.62. The number of rotatable bonds is 7. The lowest BCUT2D eigenvalue weighted by molar-refractivity contribution is 0.0526. The highest BCUT2D eigenvalue weighted by Gasteiger charge is 2.07. The monoisotopic (exact) mass is 460 g/mol. The number of carbonyl (C=O) groups is 1. The van der Waals surface area contributed by atoms with Gasteiger partial charge in [-0.15, -0.1) is 11.3 Å². The Labute approximate surface area is 174 Å². The predicted octanol–water partition coefficient (Wildman–Crippen LogP) is 4.90. The van der Waals surface area contributed by atoms with Crippen LogP contribution < -0.4 is 15.9 Å². The lowest BCUT2D eigenvalue weighted by atomic mass is 10.2. The normalized spacial score (nSPS) is 10.8. The number of hydrazone groups is 1. The minimum Gasteiger partial charge on any atom is -0.462 e. The van der Waals surface area contributed by atoms with Gasteiger partial charge in [0.15, 0.2) is 0 Å². The molecule has 0 spiro atoms. The van der Waals surface area contributed by atoms with Crippen LogP contribution in [0.4, 0.5) is 10.9 Å². The molecule has 0 saturated heterocycles. The maximum atomic E-state index is 11.7. The molecule has 0 aliphatic heterocycles. The molecular formula is C19H17BrN4O3S. The number of thiazole rings is 1. The quantitative estimate of drug-likeness (QED) is 0.295. The minimum absolute atomic E-state index is 0.341. The van der Waals surface area contributed by atoms with Gasteiger partial charge in [-0.05, 0) is 65.3 Å². The summed E-state index contributed by atoms with van der Waals surface area (Å²) >= 11 is 4.88. The number of benzene rings is 2. The Balaban J connectivity index is 1.62. The average molecular weight is 461 g/mol. The van der Waals surface area contributed by atoms with Gasteiger partial charge in [-0.3, -0.25) is 5.43 Å². The van der Waals surface area contributed by atoms with E-state index in [1.807, 2.05) is 18.2 Å². The van der Waals surface area contributed by atoms with Gasteiger partial charge in [0, 0.05) is 15.4 Å². The number of nitrogens with zero attached hydrogens (tertiary/aromatic N) is 2. The molecule has 3 aromatic rings. The van der Waals surface area contributed by atoms with Gasteiger partial charge in [0.05, 0.1) is 18.4 Å². The minimum atomic E-state index is -0.352. The zero-order valence-electron chi connectivity index (χ0n) is 14.9. The van der Waals surface area contributed by atoms with Crippen LogP contribution in [0.1, 0.15) is 22.8 Å². The van der Waals surface area contributed by atoms with Crippen molar-refractivity contribution in [3.8, 4) is 11.5 Å². The molecule has 2 aromatic carbocycles. The van der Waals surface area contributed by atoms with Crippen molar-refractivity contribution < 1.29 is 14.3 Å². The van der Waals surface area contributed by atoms with Gasteiger partial charge in [-0.25, -0.2) is 9.78 Å². The summed E-state index contributed by atoms with van der Waals surface area (Å²) in [5.41, 5.74) is 9.74. The number of nitrogen functional groups attached to an aromatic ring is 1. The first-order valence-corrected chi connectivity index (χ1v) is 9.97. The molecular weight excluding hydrogens is 444 g/mol. The van der Waals surface area contributed by atoms with Crippen LogP contribution >= 0.6 is 27.3 Å². The summed E-state index contributed by atoms with van der Waals surface area (Å²) in [5.74, 6) is 1.37. The second-order valence-electron chi connectivity index (χ2n) is 5.48. The number of halogens is 1. The maximum absolute atomic E-state index is 11.7. The first-order valence-electron chi connectivity index (χ1n) is 8.30. The van der Waals surface area contributed by atoms with Crippen molar-refractivity contribution >= 4 is 50.4 Å². The number of hydrogen-bond donors (Lipinski definition) is 2. The number of ether oxygens (including phenoxy) is 2. The molecule has 28 heavy (non-hydrogen) atoms. The summed E-state index contributed by atoms with van der Waals surface area (Å²) in [4.78, 5) is 15.7. The molecule has 0 bridgehead atoms. The van der Waals surface area contributed by atoms with Gasteiger partial charge in [-0.2, -0.15) is 5.10 Å². The highest BCUT2D eigenvalue weighted by atomic mass is 79.9. The van der Waals surface area contributed by atoms with E-state index in [0.29, 0.717) is 34.6 Å². The summed E-state index contributed by atoms with van der Waals surface area (Å²) in [6.07, 6.45) is 1.67. The summed E-state index contributed by atoms with van der Waals surface area (Å²) in [6.45, 7) is 2.11. The van der Waals surface area contributed by atoms with E-state index >= 15 is 0 Å². The molecule has 3 rings (SSSR count). The van der Waals surface area contributed by atoms with Crippen LogP contribution in [0, 0.1) is 0 Å². The molecule has 0 saturated carbocycles. The topological polar surface area (TPSA) is 98.8 Å². The maximum Gasteiger partial charge on any atom is 0.338 e. The molecule has 0 unspecified atom stereocenters. The third-order valence-electron chi connectivity index (χ3n) is 3.46. The van der Waals surface area contributed by atoms with Gasteiger partial charge in [0.25, 0.3) is 0 Å². The van der Waals surface area contributed by atoms with Gasteiger partial charge in [0.1, 0.15) is 17.3 Å². The molecule has 0 fully saturated rings. The fraction of sp³-hybridized carbons (Fsp3) is 0.105. The summed E-state index contributed by atoms with van der Waals surface area (Å²) in [6, 6.07) is 12.3. The van der Waals surface area contributed by atoms with Gasteiger partial charge in [0.2, 0.25) is 5.13 Å². The number of nitrogens with one attached hydrogen (secondary N) is 1. The number of aromatic nitrogens is 1. The molecule has 9 heteroatoms. The Morgan fingerprint density at radius 1 is 1.29 bits per heavy atom. The fourth-order valence-electron chi connectivity index (χ4n) is 2.18. The van der Waals surface area contributed by atoms with Gasteiger partial charge >= 0.3 is 5.97 Å². The zero-order valence-corrected chi connectivity index (χ0v) is 17.3. The van der Waals surface area contributed by atoms with E-state index in [-0.39, 0.29) is 5.97 Å². The van der Waals surface area contributed by atoms with Crippen LogP contribution in [-0.2, 0) is 4.74 Å². The van der Waals surface area contributed by atoms with Crippen molar-refractivity contribution in [2.75, 3.05) is 17.8 Å². The predicted molar refractivity (Wildman–Crippen MR) is 114 cm³/mol. The molecule has 0 aliphatic rings. The molecule has 0 atom stereocenters. The van der Waals surface area contributed by atoms with E-state index in [9.17, 15) is 4.79 Å². The number of nitrogens with two attached hydrogens (primary N) is 1. The molecule has 3 N–H and O–H groups in total. The molecule has 1 aromatic heterocycles. The fourth-order valence-corrected chi connectivity index (χ4v) is 3.19. The number of anilines is 2. The van der Waals surface area contributed by atoms with Crippen LogP contribution in [0.5, 0.6) is 11.5 Å². The van der Waals surface area contributed by atoms with Crippen LogP contribution in [-0.4, -0.2) is 23.8 Å². The lowest BCUT2D eigenvalue weighted by Crippen LogP contribution is -2.04. The summed E-state index contributed by atoms with van der Waals surface area (Å²) in [7, 11) is 0. The number of carbonyl (C=O) groups excluding carboxylic acids is 1. The van der Waals surface area contributed by atoms with Crippen molar-refractivity contribution in [3.63, 3.8) is 0 Å². The summed E-state index contributed by atoms with van der Waals surface area (Å²) < 4.78 is 11.6. The van der Waals surface area contributed by atoms with Crippen LogP contribution in [0.15, 0.2) is 57.4 Å². The molecule has 0 radical (unpaired) electrons. The Morgan fingerprint density at radius 3 is 2.68 bits per heavy atom. The molecule has 1 heterocycles. The van der Waals surface area contributed by atoms with Gasteiger partial charge in [-0.1, -0.05) is 0 Å². The molecule has 144 valence electrons. The van der Waals surface area contributed by atoms with Crippen LogP contribution in [0.2, 0.25) is 0 Å². The number of hydrogen-bond acceptors (Lipinski definition) is 8. The Hall–Kier alpha value is -2.91. The smallest absolute Gasteiger partial charge is 0.338 e. The standard InChI is InChI=1S/C19H17BrN4O3S/c1-2-26-18(25)12-3-6-14(7-4-12)27-15-8-5-13(16(20)9-15)10-22-24-19-23-17(21)11-28-19/h3-11H,2,21H2,1H3,(H,23,24). The third-order valence-corrected chi connectivity index (χ3v) is 4.91. The Bertz CT molecular complexity index is 989. The van der Waals surface area contributed by atoms with Crippen molar-refractivity contribution in [1.82, 2.24) is 4.98 Å². The van der Waals surface area contributed by atoms with E-state index in [4.69, 9.17) is 15.2 Å². The molecule has 0 aliphatic carbocycles. The first kappa shape index (κ1) is 19.8. The van der Waals surface area contributed by atoms with E-state index in [1.54, 1.807) is 42.8 Å².